The monoisotopic (exact) mass is 228 g/mol. The molecule has 0 bridgehead atoms. The average molecular weight is 228 g/mol. The molecular weight excluding hydrogens is 204 g/mol. The lowest BCUT2D eigenvalue weighted by molar-refractivity contribution is 0.199. The van der Waals surface area contributed by atoms with Crippen LogP contribution in [0.4, 0.5) is 0 Å². The fourth-order valence-electron chi connectivity index (χ4n) is 3.05. The zero-order valence-electron chi connectivity index (χ0n) is 9.82. The summed E-state index contributed by atoms with van der Waals surface area (Å²) in [7, 11) is 2.31. The molecule has 3 unspecified atom stereocenters. The van der Waals surface area contributed by atoms with Gasteiger partial charge in [-0.3, -0.25) is 0 Å². The third-order valence-electron chi connectivity index (χ3n) is 4.17. The molecule has 0 spiro atoms. The minimum Gasteiger partial charge on any atom is -0.330 e. The van der Waals surface area contributed by atoms with Crippen molar-refractivity contribution >= 4 is 11.8 Å². The van der Waals surface area contributed by atoms with Crippen LogP contribution in [0.3, 0.4) is 0 Å². The number of rotatable bonds is 4. The van der Waals surface area contributed by atoms with E-state index in [2.05, 4.69) is 23.7 Å². The molecule has 0 amide bonds. The maximum atomic E-state index is 5.83. The zero-order valence-corrected chi connectivity index (χ0v) is 10.6. The van der Waals surface area contributed by atoms with E-state index in [0.717, 1.165) is 24.4 Å². The fourth-order valence-corrected chi connectivity index (χ4v) is 4.35. The number of nitrogens with two attached hydrogens (primary N) is 1. The van der Waals surface area contributed by atoms with E-state index in [9.17, 15) is 0 Å². The molecule has 1 saturated carbocycles. The number of hydrogen-bond donors (Lipinski definition) is 1. The summed E-state index contributed by atoms with van der Waals surface area (Å²) in [4.78, 5) is 2.60. The highest BCUT2D eigenvalue weighted by Crippen LogP contribution is 2.32. The molecule has 2 fully saturated rings. The third kappa shape index (κ3) is 2.89. The Hall–Kier alpha value is 0.270. The van der Waals surface area contributed by atoms with E-state index in [1.54, 1.807) is 0 Å². The van der Waals surface area contributed by atoms with E-state index < -0.39 is 0 Å². The second-order valence-corrected chi connectivity index (χ2v) is 6.29. The molecule has 2 rings (SSSR count). The highest BCUT2D eigenvalue weighted by Gasteiger charge is 2.29. The largest absolute Gasteiger partial charge is 0.330 e. The van der Waals surface area contributed by atoms with Gasteiger partial charge in [0.2, 0.25) is 0 Å². The van der Waals surface area contributed by atoms with Crippen LogP contribution in [0.5, 0.6) is 0 Å². The van der Waals surface area contributed by atoms with E-state index in [0.29, 0.717) is 0 Å². The average Bonchev–Trinajstić information content (AvgIpc) is 2.87. The Kier molecular flexibility index (Phi) is 4.35. The molecule has 2 N–H and O–H groups in total. The van der Waals surface area contributed by atoms with Crippen LogP contribution in [0, 0.1) is 11.8 Å². The quantitative estimate of drug-likeness (QED) is 0.795. The molecule has 1 aliphatic heterocycles. The highest BCUT2D eigenvalue weighted by atomic mass is 32.2. The standard InChI is InChI=1S/C12H24N2S/c1-14(12-5-6-15-9-12)8-11-4-2-3-10(11)7-13/h10-12H,2-9,13H2,1H3. The Balaban J connectivity index is 1.79. The minimum absolute atomic E-state index is 0.807. The van der Waals surface area contributed by atoms with Gasteiger partial charge in [-0.2, -0.15) is 11.8 Å². The van der Waals surface area contributed by atoms with Gasteiger partial charge in [0.05, 0.1) is 0 Å². The first-order chi connectivity index (χ1) is 7.31. The SMILES string of the molecule is CN(CC1CCCC1CN)C1CCSC1. The summed E-state index contributed by atoms with van der Waals surface area (Å²) in [6.07, 6.45) is 5.57. The lowest BCUT2D eigenvalue weighted by Gasteiger charge is -2.29. The van der Waals surface area contributed by atoms with Gasteiger partial charge < -0.3 is 10.6 Å². The number of nitrogens with zero attached hydrogens (tertiary/aromatic N) is 1. The van der Waals surface area contributed by atoms with E-state index in [4.69, 9.17) is 5.73 Å². The van der Waals surface area contributed by atoms with Crippen LogP contribution in [0.1, 0.15) is 25.7 Å². The first-order valence-electron chi connectivity index (χ1n) is 6.29. The Morgan fingerprint density at radius 3 is 2.73 bits per heavy atom. The van der Waals surface area contributed by atoms with Gasteiger partial charge in [-0.25, -0.2) is 0 Å². The van der Waals surface area contributed by atoms with Crippen LogP contribution >= 0.6 is 11.8 Å². The Morgan fingerprint density at radius 2 is 2.07 bits per heavy atom. The molecule has 0 aromatic carbocycles. The van der Waals surface area contributed by atoms with Gasteiger partial charge in [0.1, 0.15) is 0 Å². The van der Waals surface area contributed by atoms with Crippen LogP contribution in [0.2, 0.25) is 0 Å². The predicted octanol–water partition coefficient (Wildman–Crippen LogP) is 1.80. The van der Waals surface area contributed by atoms with Gasteiger partial charge >= 0.3 is 0 Å². The molecule has 15 heavy (non-hydrogen) atoms. The maximum absolute atomic E-state index is 5.83. The van der Waals surface area contributed by atoms with Gasteiger partial charge in [-0.1, -0.05) is 6.42 Å². The second-order valence-electron chi connectivity index (χ2n) is 5.14. The van der Waals surface area contributed by atoms with Crippen molar-refractivity contribution in [3.63, 3.8) is 0 Å². The first-order valence-corrected chi connectivity index (χ1v) is 7.44. The van der Waals surface area contributed by atoms with Gasteiger partial charge in [0, 0.05) is 18.3 Å². The van der Waals surface area contributed by atoms with Crippen molar-refractivity contribution in [3.05, 3.63) is 0 Å². The molecule has 0 aromatic rings. The Bertz CT molecular complexity index is 192. The summed E-state index contributed by atoms with van der Waals surface area (Å²) in [6, 6.07) is 0.842. The lowest BCUT2D eigenvalue weighted by Crippen LogP contribution is -2.37. The van der Waals surface area contributed by atoms with E-state index >= 15 is 0 Å². The third-order valence-corrected chi connectivity index (χ3v) is 5.32. The van der Waals surface area contributed by atoms with Gasteiger partial charge in [0.25, 0.3) is 0 Å². The highest BCUT2D eigenvalue weighted by molar-refractivity contribution is 7.99. The summed E-state index contributed by atoms with van der Waals surface area (Å²) in [5.41, 5.74) is 5.83. The zero-order chi connectivity index (χ0) is 10.7. The van der Waals surface area contributed by atoms with Crippen LogP contribution in [-0.4, -0.2) is 42.6 Å². The van der Waals surface area contributed by atoms with Crippen molar-refractivity contribution in [3.8, 4) is 0 Å². The van der Waals surface area contributed by atoms with Crippen molar-refractivity contribution in [1.82, 2.24) is 4.90 Å². The summed E-state index contributed by atoms with van der Waals surface area (Å²) in [5, 5.41) is 0. The van der Waals surface area contributed by atoms with E-state index in [-0.39, 0.29) is 0 Å². The summed E-state index contributed by atoms with van der Waals surface area (Å²) < 4.78 is 0. The normalized spacial score (nSPS) is 36.6. The molecule has 3 heteroatoms. The van der Waals surface area contributed by atoms with Crippen LogP contribution in [0.15, 0.2) is 0 Å². The van der Waals surface area contributed by atoms with Crippen LogP contribution < -0.4 is 5.73 Å². The summed E-state index contributed by atoms with van der Waals surface area (Å²) in [5.74, 6) is 4.39. The molecule has 0 aromatic heterocycles. The molecule has 2 aliphatic rings. The summed E-state index contributed by atoms with van der Waals surface area (Å²) >= 11 is 2.11. The molecule has 1 saturated heterocycles. The van der Waals surface area contributed by atoms with Crippen molar-refractivity contribution in [1.29, 1.82) is 0 Å². The number of hydrogen-bond acceptors (Lipinski definition) is 3. The minimum atomic E-state index is 0.807. The van der Waals surface area contributed by atoms with E-state index in [1.807, 2.05) is 0 Å². The van der Waals surface area contributed by atoms with Crippen molar-refractivity contribution in [2.24, 2.45) is 17.6 Å². The molecule has 88 valence electrons. The molecule has 0 radical (unpaired) electrons. The van der Waals surface area contributed by atoms with Crippen molar-refractivity contribution in [2.75, 3.05) is 31.6 Å². The first kappa shape index (κ1) is 11.7. The van der Waals surface area contributed by atoms with Gasteiger partial charge in [0.15, 0.2) is 0 Å². The molecular formula is C12H24N2S. The van der Waals surface area contributed by atoms with Gasteiger partial charge in [-0.05, 0) is 50.4 Å². The van der Waals surface area contributed by atoms with E-state index in [1.165, 1.54) is 43.7 Å². The van der Waals surface area contributed by atoms with Gasteiger partial charge in [-0.15, -0.1) is 0 Å². The summed E-state index contributed by atoms with van der Waals surface area (Å²) in [6.45, 7) is 2.19. The molecule has 3 atom stereocenters. The van der Waals surface area contributed by atoms with Crippen molar-refractivity contribution in [2.45, 2.75) is 31.7 Å². The molecule has 2 nitrogen and oxygen atoms in total. The molecule has 1 aliphatic carbocycles. The predicted molar refractivity (Wildman–Crippen MR) is 68.2 cm³/mol. The second kappa shape index (κ2) is 5.55. The Labute approximate surface area is 98.0 Å². The topological polar surface area (TPSA) is 29.3 Å². The molecule has 1 heterocycles. The van der Waals surface area contributed by atoms with Crippen LogP contribution in [0.25, 0.3) is 0 Å². The fraction of sp³-hybridized carbons (Fsp3) is 1.00. The Morgan fingerprint density at radius 1 is 1.27 bits per heavy atom. The lowest BCUT2D eigenvalue weighted by atomic mass is 9.95. The number of thioether (sulfide) groups is 1. The van der Waals surface area contributed by atoms with Crippen molar-refractivity contribution < 1.29 is 0 Å². The maximum Gasteiger partial charge on any atom is 0.0191 e. The smallest absolute Gasteiger partial charge is 0.0191 e. The van der Waals surface area contributed by atoms with Crippen LogP contribution in [-0.2, 0) is 0 Å².